The monoisotopic (exact) mass is 334 g/mol. The van der Waals surface area contributed by atoms with Gasteiger partial charge in [-0.05, 0) is 53.9 Å². The molecule has 0 aliphatic heterocycles. The summed E-state index contributed by atoms with van der Waals surface area (Å²) in [5, 5.41) is 3.05. The van der Waals surface area contributed by atoms with E-state index in [9.17, 15) is 4.79 Å². The molecule has 0 fully saturated rings. The van der Waals surface area contributed by atoms with Crippen molar-refractivity contribution in [1.82, 2.24) is 9.88 Å². The summed E-state index contributed by atoms with van der Waals surface area (Å²) in [6, 6.07) is 8.11. The first-order valence-electron chi connectivity index (χ1n) is 6.58. The number of halogens is 1. The van der Waals surface area contributed by atoms with E-state index in [0.717, 1.165) is 10.0 Å². The van der Waals surface area contributed by atoms with Crippen molar-refractivity contribution < 1.29 is 4.79 Å². The average molecular weight is 335 g/mol. The van der Waals surface area contributed by atoms with Crippen molar-refractivity contribution in [2.24, 2.45) is 7.05 Å². The number of nitrogens with zero attached hydrogens (tertiary/aromatic N) is 1. The molecule has 0 saturated carbocycles. The summed E-state index contributed by atoms with van der Waals surface area (Å²) in [7, 11) is 1.86. The van der Waals surface area contributed by atoms with E-state index in [4.69, 9.17) is 0 Å². The summed E-state index contributed by atoms with van der Waals surface area (Å²) in [6.45, 7) is 6.14. The van der Waals surface area contributed by atoms with Crippen LogP contribution < -0.4 is 5.32 Å². The van der Waals surface area contributed by atoms with E-state index in [1.165, 1.54) is 11.1 Å². The molecule has 1 heterocycles. The van der Waals surface area contributed by atoms with Gasteiger partial charge in [0.25, 0.3) is 5.91 Å². The Morgan fingerprint density at radius 1 is 1.30 bits per heavy atom. The van der Waals surface area contributed by atoms with Gasteiger partial charge < -0.3 is 9.88 Å². The van der Waals surface area contributed by atoms with E-state index < -0.39 is 0 Å². The van der Waals surface area contributed by atoms with E-state index in [-0.39, 0.29) is 11.9 Å². The van der Waals surface area contributed by atoms with Crippen molar-refractivity contribution >= 4 is 21.8 Å². The predicted octanol–water partition coefficient (Wildman–Crippen LogP) is 3.90. The van der Waals surface area contributed by atoms with Gasteiger partial charge >= 0.3 is 0 Å². The standard InChI is InChI=1S/C16H19BrN2O/c1-10-5-6-11(2)14(7-10)12(3)18-16(20)15-8-13(17)9-19(15)4/h5-9,12H,1-4H3,(H,18,20). The highest BCUT2D eigenvalue weighted by Gasteiger charge is 2.16. The number of hydrogen-bond acceptors (Lipinski definition) is 1. The fraction of sp³-hybridized carbons (Fsp3) is 0.312. The topological polar surface area (TPSA) is 34.0 Å². The third-order valence-corrected chi connectivity index (χ3v) is 3.89. The molecule has 2 aromatic rings. The number of benzene rings is 1. The molecule has 1 N–H and O–H groups in total. The minimum atomic E-state index is -0.0633. The lowest BCUT2D eigenvalue weighted by Crippen LogP contribution is -2.28. The van der Waals surface area contributed by atoms with E-state index in [1.54, 1.807) is 0 Å². The summed E-state index contributed by atoms with van der Waals surface area (Å²) < 4.78 is 2.72. The lowest BCUT2D eigenvalue weighted by atomic mass is 10.00. The van der Waals surface area contributed by atoms with E-state index >= 15 is 0 Å². The molecule has 1 aromatic carbocycles. The molecule has 0 saturated heterocycles. The van der Waals surface area contributed by atoms with Gasteiger partial charge in [0.05, 0.1) is 6.04 Å². The fourth-order valence-corrected chi connectivity index (χ4v) is 2.85. The second-order valence-electron chi connectivity index (χ2n) is 5.21. The first-order chi connectivity index (χ1) is 9.38. The molecule has 106 valence electrons. The molecule has 1 atom stereocenters. The van der Waals surface area contributed by atoms with Crippen molar-refractivity contribution in [3.63, 3.8) is 0 Å². The Bertz CT molecular complexity index is 646. The SMILES string of the molecule is Cc1ccc(C)c(C(C)NC(=O)c2cc(Br)cn2C)c1. The Labute approximate surface area is 128 Å². The molecule has 0 aliphatic carbocycles. The molecule has 0 radical (unpaired) electrons. The van der Waals surface area contributed by atoms with Gasteiger partial charge in [0, 0.05) is 17.7 Å². The third-order valence-electron chi connectivity index (χ3n) is 3.45. The average Bonchev–Trinajstić information content (AvgIpc) is 2.71. The van der Waals surface area contributed by atoms with Crippen LogP contribution in [0.5, 0.6) is 0 Å². The Kier molecular flexibility index (Phi) is 4.33. The molecule has 4 heteroatoms. The van der Waals surface area contributed by atoms with Gasteiger partial charge in [-0.25, -0.2) is 0 Å². The maximum Gasteiger partial charge on any atom is 0.268 e. The van der Waals surface area contributed by atoms with Crippen LogP contribution in [0.25, 0.3) is 0 Å². The molecule has 3 nitrogen and oxygen atoms in total. The number of amides is 1. The normalized spacial score (nSPS) is 12.2. The van der Waals surface area contributed by atoms with Crippen LogP contribution in [0.2, 0.25) is 0 Å². The van der Waals surface area contributed by atoms with Crippen molar-refractivity contribution in [3.8, 4) is 0 Å². The third kappa shape index (κ3) is 3.12. The smallest absolute Gasteiger partial charge is 0.268 e. The fourth-order valence-electron chi connectivity index (χ4n) is 2.32. The van der Waals surface area contributed by atoms with Crippen molar-refractivity contribution in [3.05, 3.63) is 57.3 Å². The molecule has 0 aliphatic rings. The summed E-state index contributed by atoms with van der Waals surface area (Å²) >= 11 is 3.38. The maximum absolute atomic E-state index is 12.3. The molecule has 0 spiro atoms. The lowest BCUT2D eigenvalue weighted by Gasteiger charge is -2.17. The van der Waals surface area contributed by atoms with Gasteiger partial charge in [0.15, 0.2) is 0 Å². The number of aromatic nitrogens is 1. The molecule has 20 heavy (non-hydrogen) atoms. The minimum absolute atomic E-state index is 0.0175. The summed E-state index contributed by atoms with van der Waals surface area (Å²) in [5.41, 5.74) is 4.20. The largest absolute Gasteiger partial charge is 0.345 e. The Morgan fingerprint density at radius 3 is 2.60 bits per heavy atom. The van der Waals surface area contributed by atoms with Crippen molar-refractivity contribution in [2.45, 2.75) is 26.8 Å². The van der Waals surface area contributed by atoms with Crippen LogP contribution in [0.1, 0.15) is 40.1 Å². The molecule has 1 amide bonds. The van der Waals surface area contributed by atoms with Gasteiger partial charge in [-0.3, -0.25) is 4.79 Å². The Morgan fingerprint density at radius 2 is 2.00 bits per heavy atom. The molecule has 1 aromatic heterocycles. The van der Waals surface area contributed by atoms with Crippen LogP contribution in [0.15, 0.2) is 34.9 Å². The van der Waals surface area contributed by atoms with Gasteiger partial charge in [-0.2, -0.15) is 0 Å². The van der Waals surface area contributed by atoms with E-state index in [2.05, 4.69) is 53.3 Å². The Balaban J connectivity index is 2.19. The highest BCUT2D eigenvalue weighted by molar-refractivity contribution is 9.10. The number of rotatable bonds is 3. The number of carbonyl (C=O) groups is 1. The Hall–Kier alpha value is -1.55. The second kappa shape index (κ2) is 5.83. The molecule has 0 bridgehead atoms. The maximum atomic E-state index is 12.3. The zero-order valence-corrected chi connectivity index (χ0v) is 13.8. The van der Waals surface area contributed by atoms with Crippen LogP contribution in [-0.4, -0.2) is 10.5 Å². The lowest BCUT2D eigenvalue weighted by molar-refractivity contribution is 0.0931. The second-order valence-corrected chi connectivity index (χ2v) is 6.13. The minimum Gasteiger partial charge on any atom is -0.345 e. The van der Waals surface area contributed by atoms with Gasteiger partial charge in [-0.15, -0.1) is 0 Å². The number of aryl methyl sites for hydroxylation is 3. The quantitative estimate of drug-likeness (QED) is 0.907. The number of nitrogens with one attached hydrogen (secondary N) is 1. The van der Waals surface area contributed by atoms with Gasteiger partial charge in [0.1, 0.15) is 5.69 Å². The first kappa shape index (κ1) is 14.9. The van der Waals surface area contributed by atoms with Gasteiger partial charge in [0.2, 0.25) is 0 Å². The van der Waals surface area contributed by atoms with Crippen LogP contribution in [0.4, 0.5) is 0 Å². The highest BCUT2D eigenvalue weighted by Crippen LogP contribution is 2.20. The van der Waals surface area contributed by atoms with Crippen LogP contribution in [0.3, 0.4) is 0 Å². The molecule has 2 rings (SSSR count). The van der Waals surface area contributed by atoms with Crippen molar-refractivity contribution in [1.29, 1.82) is 0 Å². The van der Waals surface area contributed by atoms with Crippen LogP contribution in [-0.2, 0) is 7.05 Å². The molecular weight excluding hydrogens is 316 g/mol. The number of hydrogen-bond donors (Lipinski definition) is 1. The van der Waals surface area contributed by atoms with E-state index in [0.29, 0.717) is 5.69 Å². The molecular formula is C16H19BrN2O. The zero-order chi connectivity index (χ0) is 14.9. The van der Waals surface area contributed by atoms with E-state index in [1.807, 2.05) is 30.8 Å². The number of carbonyl (C=O) groups excluding carboxylic acids is 1. The first-order valence-corrected chi connectivity index (χ1v) is 7.37. The van der Waals surface area contributed by atoms with Crippen molar-refractivity contribution in [2.75, 3.05) is 0 Å². The predicted molar refractivity (Wildman–Crippen MR) is 84.9 cm³/mol. The summed E-state index contributed by atoms with van der Waals surface area (Å²) in [5.74, 6) is -0.0633. The summed E-state index contributed by atoms with van der Waals surface area (Å²) in [4.78, 5) is 12.3. The van der Waals surface area contributed by atoms with Crippen LogP contribution in [0, 0.1) is 13.8 Å². The van der Waals surface area contributed by atoms with Crippen LogP contribution >= 0.6 is 15.9 Å². The summed E-state index contributed by atoms with van der Waals surface area (Å²) in [6.07, 6.45) is 1.87. The highest BCUT2D eigenvalue weighted by atomic mass is 79.9. The van der Waals surface area contributed by atoms with Gasteiger partial charge in [-0.1, -0.05) is 23.8 Å². The zero-order valence-electron chi connectivity index (χ0n) is 12.2. The molecule has 1 unspecified atom stereocenters.